The zero-order chi connectivity index (χ0) is 17.9. The van der Waals surface area contributed by atoms with E-state index in [-0.39, 0.29) is 12.0 Å². The van der Waals surface area contributed by atoms with E-state index >= 15 is 0 Å². The number of fused-ring (bicyclic) bond motifs is 1. The van der Waals surface area contributed by atoms with Crippen molar-refractivity contribution in [3.05, 3.63) is 64.1 Å². The Labute approximate surface area is 162 Å². The van der Waals surface area contributed by atoms with Crippen molar-refractivity contribution in [2.24, 2.45) is 0 Å². The Hall–Kier alpha value is -1.69. The quantitative estimate of drug-likeness (QED) is 0.765. The molecule has 0 spiro atoms. The Balaban J connectivity index is 1.43. The summed E-state index contributed by atoms with van der Waals surface area (Å²) in [6, 6.07) is 16.5. The summed E-state index contributed by atoms with van der Waals surface area (Å²) in [4.78, 5) is 17.1. The van der Waals surface area contributed by atoms with Crippen molar-refractivity contribution in [1.82, 2.24) is 4.90 Å². The van der Waals surface area contributed by atoms with E-state index in [4.69, 9.17) is 4.74 Å². The van der Waals surface area contributed by atoms with Crippen LogP contribution < -0.4 is 4.90 Å². The van der Waals surface area contributed by atoms with E-state index in [1.807, 2.05) is 23.1 Å². The van der Waals surface area contributed by atoms with Crippen molar-refractivity contribution >= 4 is 27.5 Å². The molecule has 0 aromatic heterocycles. The summed E-state index contributed by atoms with van der Waals surface area (Å²) in [5.41, 5.74) is 3.52. The van der Waals surface area contributed by atoms with Crippen molar-refractivity contribution < 1.29 is 9.53 Å². The Morgan fingerprint density at radius 1 is 1.15 bits per heavy atom. The molecule has 2 heterocycles. The molecular formula is C21H23BrN2O2. The van der Waals surface area contributed by atoms with E-state index in [9.17, 15) is 4.79 Å². The van der Waals surface area contributed by atoms with Crippen LogP contribution in [0.25, 0.3) is 0 Å². The number of amides is 1. The summed E-state index contributed by atoms with van der Waals surface area (Å²) in [5, 5.41) is 0. The van der Waals surface area contributed by atoms with Gasteiger partial charge in [0.15, 0.2) is 0 Å². The first-order valence-electron chi connectivity index (χ1n) is 9.18. The molecule has 26 heavy (non-hydrogen) atoms. The summed E-state index contributed by atoms with van der Waals surface area (Å²) < 4.78 is 7.00. The molecule has 1 fully saturated rings. The number of para-hydroxylation sites is 1. The standard InChI is InChI=1S/C21H23BrN2O2/c22-18-8-3-6-17(13-18)20-14-23(11-12-26-20)15-21(25)24-10-4-7-16-5-1-2-9-19(16)24/h1-3,5-6,8-9,13,20H,4,7,10-12,14-15H2. The number of hydrogen-bond acceptors (Lipinski definition) is 3. The molecule has 1 atom stereocenters. The molecule has 0 N–H and O–H groups in total. The minimum atomic E-state index is 0.0164. The largest absolute Gasteiger partial charge is 0.371 e. The number of carbonyl (C=O) groups is 1. The van der Waals surface area contributed by atoms with Gasteiger partial charge in [0.1, 0.15) is 0 Å². The molecule has 1 unspecified atom stereocenters. The molecule has 2 aromatic rings. The molecule has 4 nitrogen and oxygen atoms in total. The number of ether oxygens (including phenoxy) is 1. The molecule has 5 heteroatoms. The second-order valence-electron chi connectivity index (χ2n) is 6.93. The van der Waals surface area contributed by atoms with E-state index in [0.29, 0.717) is 13.2 Å². The van der Waals surface area contributed by atoms with Crippen molar-refractivity contribution in [1.29, 1.82) is 0 Å². The van der Waals surface area contributed by atoms with Crippen LogP contribution in [-0.4, -0.2) is 43.6 Å². The molecule has 2 aliphatic heterocycles. The van der Waals surface area contributed by atoms with E-state index < -0.39 is 0 Å². The topological polar surface area (TPSA) is 32.8 Å². The van der Waals surface area contributed by atoms with E-state index in [1.54, 1.807) is 0 Å². The van der Waals surface area contributed by atoms with Gasteiger partial charge >= 0.3 is 0 Å². The number of nitrogens with zero attached hydrogens (tertiary/aromatic N) is 2. The summed E-state index contributed by atoms with van der Waals surface area (Å²) >= 11 is 3.52. The number of anilines is 1. The molecular weight excluding hydrogens is 392 g/mol. The third kappa shape index (κ3) is 3.85. The second kappa shape index (κ2) is 7.91. The van der Waals surface area contributed by atoms with Gasteiger partial charge in [-0.2, -0.15) is 0 Å². The van der Waals surface area contributed by atoms with Gasteiger partial charge in [0, 0.05) is 29.8 Å². The highest BCUT2D eigenvalue weighted by Crippen LogP contribution is 2.28. The van der Waals surface area contributed by atoms with Crippen LogP contribution in [0.3, 0.4) is 0 Å². The lowest BCUT2D eigenvalue weighted by atomic mass is 10.0. The number of halogens is 1. The maximum Gasteiger partial charge on any atom is 0.241 e. The van der Waals surface area contributed by atoms with Crippen molar-refractivity contribution in [3.8, 4) is 0 Å². The SMILES string of the molecule is O=C(CN1CCOC(c2cccc(Br)c2)C1)N1CCCc2ccccc21. The molecule has 2 aliphatic rings. The predicted octanol–water partition coefficient (Wildman–Crippen LogP) is 3.80. The zero-order valence-corrected chi connectivity index (χ0v) is 16.3. The van der Waals surface area contributed by atoms with Crippen LogP contribution in [0.5, 0.6) is 0 Å². The number of hydrogen-bond donors (Lipinski definition) is 0. The average molecular weight is 415 g/mol. The lowest BCUT2D eigenvalue weighted by Gasteiger charge is -2.35. The smallest absolute Gasteiger partial charge is 0.241 e. The van der Waals surface area contributed by atoms with Crippen LogP contribution in [0.4, 0.5) is 5.69 Å². The molecule has 0 bridgehead atoms. The number of benzene rings is 2. The Morgan fingerprint density at radius 2 is 2.04 bits per heavy atom. The summed E-state index contributed by atoms with van der Waals surface area (Å²) in [5.74, 6) is 0.187. The maximum absolute atomic E-state index is 13.0. The van der Waals surface area contributed by atoms with Crippen molar-refractivity contribution in [2.45, 2.75) is 18.9 Å². The zero-order valence-electron chi connectivity index (χ0n) is 14.7. The lowest BCUT2D eigenvalue weighted by molar-refractivity contribution is -0.122. The monoisotopic (exact) mass is 414 g/mol. The Bertz CT molecular complexity index is 795. The van der Waals surface area contributed by atoms with Gasteiger partial charge in [-0.3, -0.25) is 9.69 Å². The fourth-order valence-corrected chi connectivity index (χ4v) is 4.24. The summed E-state index contributed by atoms with van der Waals surface area (Å²) in [6.07, 6.45) is 2.11. The highest BCUT2D eigenvalue weighted by atomic mass is 79.9. The predicted molar refractivity (Wildman–Crippen MR) is 106 cm³/mol. The van der Waals surface area contributed by atoms with Gasteiger partial charge in [0.05, 0.1) is 19.3 Å². The molecule has 2 aromatic carbocycles. The Morgan fingerprint density at radius 3 is 2.92 bits per heavy atom. The third-order valence-corrected chi connectivity index (χ3v) is 5.63. The van der Waals surface area contributed by atoms with Crippen molar-refractivity contribution in [2.75, 3.05) is 37.7 Å². The van der Waals surface area contributed by atoms with Gasteiger partial charge in [-0.1, -0.05) is 46.3 Å². The van der Waals surface area contributed by atoms with Crippen molar-refractivity contribution in [3.63, 3.8) is 0 Å². The van der Waals surface area contributed by atoms with Gasteiger partial charge in [-0.25, -0.2) is 0 Å². The number of morpholine rings is 1. The molecule has 1 amide bonds. The molecule has 136 valence electrons. The second-order valence-corrected chi connectivity index (χ2v) is 7.84. The molecule has 0 radical (unpaired) electrons. The molecule has 0 saturated carbocycles. The lowest BCUT2D eigenvalue weighted by Crippen LogP contribution is -2.47. The minimum absolute atomic E-state index is 0.0164. The summed E-state index contributed by atoms with van der Waals surface area (Å²) in [7, 11) is 0. The van der Waals surface area contributed by atoms with Gasteiger partial charge < -0.3 is 9.64 Å². The van der Waals surface area contributed by atoms with E-state index in [1.165, 1.54) is 5.56 Å². The number of rotatable bonds is 3. The van der Waals surface area contributed by atoms with Gasteiger partial charge in [0.25, 0.3) is 0 Å². The van der Waals surface area contributed by atoms with Crippen LogP contribution in [-0.2, 0) is 16.0 Å². The maximum atomic E-state index is 13.0. The van der Waals surface area contributed by atoms with Gasteiger partial charge in [-0.05, 0) is 42.2 Å². The van der Waals surface area contributed by atoms with Crippen LogP contribution in [0.15, 0.2) is 53.0 Å². The average Bonchev–Trinajstić information content (AvgIpc) is 2.68. The number of aryl methyl sites for hydroxylation is 1. The van der Waals surface area contributed by atoms with E-state index in [2.05, 4.69) is 51.2 Å². The first kappa shape index (κ1) is 17.7. The van der Waals surface area contributed by atoms with Gasteiger partial charge in [-0.15, -0.1) is 0 Å². The number of carbonyl (C=O) groups excluding carboxylic acids is 1. The minimum Gasteiger partial charge on any atom is -0.371 e. The first-order valence-corrected chi connectivity index (χ1v) is 9.98. The highest BCUT2D eigenvalue weighted by Gasteiger charge is 2.27. The van der Waals surface area contributed by atoms with Crippen LogP contribution in [0.1, 0.15) is 23.7 Å². The molecule has 0 aliphatic carbocycles. The fraction of sp³-hybridized carbons (Fsp3) is 0.381. The molecule has 1 saturated heterocycles. The third-order valence-electron chi connectivity index (χ3n) is 5.14. The normalized spacial score (nSPS) is 20.7. The van der Waals surface area contributed by atoms with Crippen LogP contribution >= 0.6 is 15.9 Å². The van der Waals surface area contributed by atoms with Gasteiger partial charge in [0.2, 0.25) is 5.91 Å². The van der Waals surface area contributed by atoms with E-state index in [0.717, 1.165) is 48.2 Å². The first-order chi connectivity index (χ1) is 12.7. The fourth-order valence-electron chi connectivity index (χ4n) is 3.82. The highest BCUT2D eigenvalue weighted by molar-refractivity contribution is 9.10. The summed E-state index contributed by atoms with van der Waals surface area (Å²) in [6.45, 7) is 3.46. The van der Waals surface area contributed by atoms with Crippen LogP contribution in [0.2, 0.25) is 0 Å². The Kier molecular flexibility index (Phi) is 5.38. The van der Waals surface area contributed by atoms with Crippen LogP contribution in [0, 0.1) is 0 Å². The molecule has 4 rings (SSSR count).